The van der Waals surface area contributed by atoms with Gasteiger partial charge in [-0.05, 0) is 26.3 Å². The quantitative estimate of drug-likeness (QED) is 0.743. The smallest absolute Gasteiger partial charge is 0.410 e. The van der Waals surface area contributed by atoms with Crippen molar-refractivity contribution < 1.29 is 29.3 Å². The van der Waals surface area contributed by atoms with E-state index in [1.807, 2.05) is 30.3 Å². The molecule has 1 aliphatic rings. The Hall–Kier alpha value is -2.32. The van der Waals surface area contributed by atoms with Crippen LogP contribution >= 0.6 is 0 Å². The first kappa shape index (κ1) is 20.0. The SMILES string of the molecule is CC(C)(C)OC(=O)NC1[C@H](O)CN(C(=O)OCc2ccccc2)C[C@@H]1O. The molecule has 1 heterocycles. The zero-order valence-electron chi connectivity index (χ0n) is 15.2. The molecule has 2 amide bonds. The molecule has 0 saturated carbocycles. The van der Waals surface area contributed by atoms with E-state index in [0.717, 1.165) is 5.56 Å². The molecular formula is C18H26N2O6. The third-order valence-electron chi connectivity index (χ3n) is 3.79. The van der Waals surface area contributed by atoms with E-state index in [1.54, 1.807) is 20.8 Å². The number of carbonyl (C=O) groups is 2. The molecular weight excluding hydrogens is 340 g/mol. The average molecular weight is 366 g/mol. The summed E-state index contributed by atoms with van der Waals surface area (Å²) in [6.45, 7) is 5.11. The summed E-state index contributed by atoms with van der Waals surface area (Å²) in [7, 11) is 0. The Morgan fingerprint density at radius 3 is 2.27 bits per heavy atom. The lowest BCUT2D eigenvalue weighted by Crippen LogP contribution is -2.63. The molecule has 144 valence electrons. The monoisotopic (exact) mass is 366 g/mol. The number of nitrogens with one attached hydrogen (secondary N) is 1. The average Bonchev–Trinajstić information content (AvgIpc) is 2.55. The van der Waals surface area contributed by atoms with Crippen molar-refractivity contribution in [1.82, 2.24) is 10.2 Å². The summed E-state index contributed by atoms with van der Waals surface area (Å²) in [4.78, 5) is 25.2. The number of amides is 2. The highest BCUT2D eigenvalue weighted by atomic mass is 16.6. The molecule has 0 aliphatic carbocycles. The number of hydrogen-bond acceptors (Lipinski definition) is 6. The molecule has 26 heavy (non-hydrogen) atoms. The first-order valence-corrected chi connectivity index (χ1v) is 8.47. The summed E-state index contributed by atoms with van der Waals surface area (Å²) in [6.07, 6.45) is -3.66. The van der Waals surface area contributed by atoms with Gasteiger partial charge in [-0.3, -0.25) is 0 Å². The lowest BCUT2D eigenvalue weighted by molar-refractivity contribution is -0.0408. The van der Waals surface area contributed by atoms with Gasteiger partial charge in [-0.25, -0.2) is 9.59 Å². The van der Waals surface area contributed by atoms with Crippen LogP contribution in [0.2, 0.25) is 0 Å². The molecule has 1 fully saturated rings. The summed E-state index contributed by atoms with van der Waals surface area (Å²) < 4.78 is 10.3. The van der Waals surface area contributed by atoms with E-state index in [9.17, 15) is 19.8 Å². The molecule has 8 heteroatoms. The van der Waals surface area contributed by atoms with Gasteiger partial charge >= 0.3 is 12.2 Å². The molecule has 3 N–H and O–H groups in total. The van der Waals surface area contributed by atoms with Crippen LogP contribution in [0.25, 0.3) is 0 Å². The number of aliphatic hydroxyl groups is 2. The van der Waals surface area contributed by atoms with Gasteiger partial charge in [-0.2, -0.15) is 0 Å². The summed E-state index contributed by atoms with van der Waals surface area (Å²) in [5.41, 5.74) is 0.144. The van der Waals surface area contributed by atoms with Crippen molar-refractivity contribution in [2.24, 2.45) is 0 Å². The molecule has 1 unspecified atom stereocenters. The number of piperidine rings is 1. The second-order valence-corrected chi connectivity index (χ2v) is 7.25. The Morgan fingerprint density at radius 2 is 1.73 bits per heavy atom. The van der Waals surface area contributed by atoms with Gasteiger partial charge in [0.1, 0.15) is 12.2 Å². The van der Waals surface area contributed by atoms with Gasteiger partial charge in [0.05, 0.1) is 31.3 Å². The number of hydrogen-bond donors (Lipinski definition) is 3. The third kappa shape index (κ3) is 5.89. The van der Waals surface area contributed by atoms with E-state index in [4.69, 9.17) is 9.47 Å². The molecule has 0 spiro atoms. The lowest BCUT2D eigenvalue weighted by Gasteiger charge is -2.39. The number of benzene rings is 1. The second kappa shape index (κ2) is 8.37. The van der Waals surface area contributed by atoms with E-state index in [2.05, 4.69) is 5.32 Å². The molecule has 0 bridgehead atoms. The predicted octanol–water partition coefficient (Wildman–Crippen LogP) is 1.25. The van der Waals surface area contributed by atoms with Crippen molar-refractivity contribution >= 4 is 12.2 Å². The largest absolute Gasteiger partial charge is 0.445 e. The highest BCUT2D eigenvalue weighted by molar-refractivity contribution is 5.69. The first-order chi connectivity index (χ1) is 12.2. The highest BCUT2D eigenvalue weighted by Crippen LogP contribution is 2.15. The fourth-order valence-electron chi connectivity index (χ4n) is 2.61. The molecule has 1 aliphatic heterocycles. The van der Waals surface area contributed by atoms with E-state index in [-0.39, 0.29) is 19.7 Å². The van der Waals surface area contributed by atoms with Crippen LogP contribution in [0, 0.1) is 0 Å². The summed E-state index contributed by atoms with van der Waals surface area (Å²) in [5.74, 6) is 0. The van der Waals surface area contributed by atoms with Crippen molar-refractivity contribution in [3.05, 3.63) is 35.9 Å². The molecule has 2 rings (SSSR count). The molecule has 1 saturated heterocycles. The van der Waals surface area contributed by atoms with Gasteiger partial charge in [-0.1, -0.05) is 30.3 Å². The van der Waals surface area contributed by atoms with E-state index >= 15 is 0 Å². The number of ether oxygens (including phenoxy) is 2. The number of rotatable bonds is 3. The second-order valence-electron chi connectivity index (χ2n) is 7.25. The number of β-amino-alcohol motifs (C(OH)–C–C–N with tert-alkyl or cyclic N) is 2. The third-order valence-corrected chi connectivity index (χ3v) is 3.79. The maximum Gasteiger partial charge on any atom is 0.410 e. The Labute approximate surface area is 152 Å². The molecule has 0 aromatic heterocycles. The van der Waals surface area contributed by atoms with Crippen LogP contribution < -0.4 is 5.32 Å². The van der Waals surface area contributed by atoms with Gasteiger partial charge in [0.2, 0.25) is 0 Å². The maximum atomic E-state index is 12.1. The maximum absolute atomic E-state index is 12.1. The fraction of sp³-hybridized carbons (Fsp3) is 0.556. The van der Waals surface area contributed by atoms with Crippen LogP contribution in [0.1, 0.15) is 26.3 Å². The van der Waals surface area contributed by atoms with Crippen molar-refractivity contribution in [1.29, 1.82) is 0 Å². The van der Waals surface area contributed by atoms with Gasteiger partial charge in [0, 0.05) is 0 Å². The van der Waals surface area contributed by atoms with Gasteiger partial charge < -0.3 is 29.9 Å². The van der Waals surface area contributed by atoms with Crippen molar-refractivity contribution in [2.75, 3.05) is 13.1 Å². The lowest BCUT2D eigenvalue weighted by atomic mass is 9.99. The summed E-state index contributed by atoms with van der Waals surface area (Å²) in [6, 6.07) is 8.26. The van der Waals surface area contributed by atoms with Crippen molar-refractivity contribution in [3.8, 4) is 0 Å². The number of aliphatic hydroxyl groups excluding tert-OH is 2. The number of likely N-dealkylation sites (tertiary alicyclic amines) is 1. The Bertz CT molecular complexity index is 604. The molecule has 1 aromatic carbocycles. The molecule has 3 atom stereocenters. The van der Waals surface area contributed by atoms with Crippen LogP contribution in [0.4, 0.5) is 9.59 Å². The van der Waals surface area contributed by atoms with Gasteiger partial charge in [0.15, 0.2) is 0 Å². The molecule has 8 nitrogen and oxygen atoms in total. The van der Waals surface area contributed by atoms with Gasteiger partial charge in [0.25, 0.3) is 0 Å². The Morgan fingerprint density at radius 1 is 1.15 bits per heavy atom. The minimum absolute atomic E-state index is 0.0643. The summed E-state index contributed by atoms with van der Waals surface area (Å²) in [5, 5.41) is 22.9. The van der Waals surface area contributed by atoms with Crippen LogP contribution in [-0.2, 0) is 16.1 Å². The van der Waals surface area contributed by atoms with E-state index in [0.29, 0.717) is 0 Å². The van der Waals surface area contributed by atoms with Crippen molar-refractivity contribution in [2.45, 2.75) is 51.2 Å². The standard InChI is InChI=1S/C18H26N2O6/c1-18(2,3)26-16(23)19-15-13(21)9-20(10-14(15)22)17(24)25-11-12-7-5-4-6-8-12/h4-8,13-15,21-22H,9-11H2,1-3H3,(H,19,23)/t13-,14+,15?. The Kier molecular flexibility index (Phi) is 6.44. The first-order valence-electron chi connectivity index (χ1n) is 8.47. The zero-order chi connectivity index (χ0) is 19.3. The topological polar surface area (TPSA) is 108 Å². The summed E-state index contributed by atoms with van der Waals surface area (Å²) >= 11 is 0. The highest BCUT2D eigenvalue weighted by Gasteiger charge is 2.39. The molecule has 1 aromatic rings. The Balaban J connectivity index is 1.86. The minimum atomic E-state index is -1.14. The number of nitrogens with zero attached hydrogens (tertiary/aromatic N) is 1. The predicted molar refractivity (Wildman–Crippen MR) is 93.4 cm³/mol. The van der Waals surface area contributed by atoms with E-state index < -0.39 is 36.0 Å². The number of carbonyl (C=O) groups excluding carboxylic acids is 2. The normalized spacial score (nSPS) is 23.3. The zero-order valence-corrected chi connectivity index (χ0v) is 15.2. The van der Waals surface area contributed by atoms with E-state index in [1.165, 1.54) is 4.90 Å². The van der Waals surface area contributed by atoms with Crippen LogP contribution in [0.3, 0.4) is 0 Å². The van der Waals surface area contributed by atoms with Crippen LogP contribution in [0.5, 0.6) is 0 Å². The van der Waals surface area contributed by atoms with Crippen LogP contribution in [-0.4, -0.2) is 64.2 Å². The number of alkyl carbamates (subject to hydrolysis) is 1. The fourth-order valence-corrected chi connectivity index (χ4v) is 2.61. The van der Waals surface area contributed by atoms with Crippen molar-refractivity contribution in [3.63, 3.8) is 0 Å². The van der Waals surface area contributed by atoms with Crippen LogP contribution in [0.15, 0.2) is 30.3 Å². The minimum Gasteiger partial charge on any atom is -0.445 e. The molecule has 0 radical (unpaired) electrons. The van der Waals surface area contributed by atoms with Gasteiger partial charge in [-0.15, -0.1) is 0 Å².